The van der Waals surface area contributed by atoms with E-state index in [1.165, 1.54) is 0 Å². The van der Waals surface area contributed by atoms with Crippen molar-refractivity contribution in [1.29, 1.82) is 0 Å². The number of amides is 1. The van der Waals surface area contributed by atoms with Crippen molar-refractivity contribution in [1.82, 2.24) is 5.32 Å². The van der Waals surface area contributed by atoms with Crippen molar-refractivity contribution in [2.45, 2.75) is 26.3 Å². The van der Waals surface area contributed by atoms with E-state index < -0.39 is 0 Å². The summed E-state index contributed by atoms with van der Waals surface area (Å²) in [7, 11) is 0. The molecular formula is C13H17BrClNO2. The number of nitrogens with one attached hydrogen (secondary N) is 1. The van der Waals surface area contributed by atoms with Gasteiger partial charge in [-0.25, -0.2) is 0 Å². The molecule has 0 saturated heterocycles. The molecule has 0 fully saturated rings. The van der Waals surface area contributed by atoms with Crippen molar-refractivity contribution in [2.24, 2.45) is 5.92 Å². The number of halogens is 2. The predicted octanol–water partition coefficient (Wildman–Crippen LogP) is 3.24. The zero-order chi connectivity index (χ0) is 13.7. The molecule has 2 N–H and O–H groups in total. The first kappa shape index (κ1) is 15.5. The molecule has 0 heterocycles. The molecule has 3 nitrogen and oxygen atoms in total. The van der Waals surface area contributed by atoms with Crippen molar-refractivity contribution < 1.29 is 9.90 Å². The first-order chi connectivity index (χ1) is 8.43. The Hall–Kier alpha value is -0.580. The monoisotopic (exact) mass is 333 g/mol. The van der Waals surface area contributed by atoms with Gasteiger partial charge in [-0.2, -0.15) is 0 Å². The predicted molar refractivity (Wildman–Crippen MR) is 76.9 cm³/mol. The molecule has 1 aromatic carbocycles. The fourth-order valence-corrected chi connectivity index (χ4v) is 2.55. The van der Waals surface area contributed by atoms with Gasteiger partial charge in [0.2, 0.25) is 0 Å². The molecule has 0 spiro atoms. The van der Waals surface area contributed by atoms with Gasteiger partial charge < -0.3 is 10.4 Å². The third kappa shape index (κ3) is 4.59. The van der Waals surface area contributed by atoms with Gasteiger partial charge in [0.25, 0.3) is 5.91 Å². The number of aliphatic hydroxyl groups is 1. The van der Waals surface area contributed by atoms with E-state index in [4.69, 9.17) is 11.6 Å². The minimum Gasteiger partial charge on any atom is -0.394 e. The number of aliphatic hydroxyl groups excluding tert-OH is 1. The summed E-state index contributed by atoms with van der Waals surface area (Å²) in [5.41, 5.74) is 0.515. The van der Waals surface area contributed by atoms with Crippen LogP contribution in [-0.2, 0) is 0 Å². The lowest BCUT2D eigenvalue weighted by Crippen LogP contribution is -2.38. The highest BCUT2D eigenvalue weighted by molar-refractivity contribution is 9.10. The quantitative estimate of drug-likeness (QED) is 0.868. The highest BCUT2D eigenvalue weighted by atomic mass is 79.9. The van der Waals surface area contributed by atoms with Crippen molar-refractivity contribution in [3.05, 3.63) is 33.3 Å². The Bertz CT molecular complexity index is 423. The van der Waals surface area contributed by atoms with Crippen LogP contribution in [0, 0.1) is 5.92 Å². The van der Waals surface area contributed by atoms with E-state index in [1.54, 1.807) is 18.2 Å². The van der Waals surface area contributed by atoms with Crippen molar-refractivity contribution >= 4 is 33.4 Å². The number of hydrogen-bond acceptors (Lipinski definition) is 2. The Morgan fingerprint density at radius 3 is 2.67 bits per heavy atom. The van der Waals surface area contributed by atoms with Crippen LogP contribution < -0.4 is 5.32 Å². The normalized spacial score (nSPS) is 12.6. The zero-order valence-electron chi connectivity index (χ0n) is 10.4. The topological polar surface area (TPSA) is 49.3 Å². The molecule has 0 aliphatic rings. The van der Waals surface area contributed by atoms with E-state index in [1.807, 2.05) is 13.8 Å². The Morgan fingerprint density at radius 1 is 1.50 bits per heavy atom. The van der Waals surface area contributed by atoms with Crippen LogP contribution in [0.1, 0.15) is 30.6 Å². The molecule has 18 heavy (non-hydrogen) atoms. The van der Waals surface area contributed by atoms with Gasteiger partial charge in [0, 0.05) is 9.50 Å². The summed E-state index contributed by atoms with van der Waals surface area (Å²) in [5.74, 6) is 0.203. The molecule has 0 radical (unpaired) electrons. The molecule has 1 aromatic rings. The van der Waals surface area contributed by atoms with Crippen LogP contribution in [0.3, 0.4) is 0 Å². The summed E-state index contributed by atoms with van der Waals surface area (Å²) in [4.78, 5) is 12.0. The fourth-order valence-electron chi connectivity index (χ4n) is 1.68. The van der Waals surface area contributed by atoms with Crippen LogP contribution in [0.5, 0.6) is 0 Å². The number of carbonyl (C=O) groups excluding carboxylic acids is 1. The number of hydrogen-bond donors (Lipinski definition) is 2. The van der Waals surface area contributed by atoms with Gasteiger partial charge in [-0.3, -0.25) is 4.79 Å². The molecule has 1 atom stereocenters. The summed E-state index contributed by atoms with van der Waals surface area (Å²) in [5, 5.41) is 12.6. The standard InChI is InChI=1S/C13H17BrClNO2/c1-8(2)5-10(7-17)16-13(18)11-4-3-9(15)6-12(11)14/h3-4,6,8,10,17H,5,7H2,1-2H3,(H,16,18). The maximum atomic E-state index is 12.0. The lowest BCUT2D eigenvalue weighted by molar-refractivity contribution is 0.0907. The van der Waals surface area contributed by atoms with Gasteiger partial charge in [-0.1, -0.05) is 25.4 Å². The van der Waals surface area contributed by atoms with E-state index in [2.05, 4.69) is 21.2 Å². The lowest BCUT2D eigenvalue weighted by atomic mass is 10.0. The molecule has 1 unspecified atom stereocenters. The molecule has 100 valence electrons. The van der Waals surface area contributed by atoms with Gasteiger partial charge >= 0.3 is 0 Å². The molecular weight excluding hydrogens is 318 g/mol. The number of carbonyl (C=O) groups is 1. The fraction of sp³-hybridized carbons (Fsp3) is 0.462. The van der Waals surface area contributed by atoms with Crippen molar-refractivity contribution in [3.63, 3.8) is 0 Å². The van der Waals surface area contributed by atoms with Gasteiger partial charge in [-0.15, -0.1) is 0 Å². The molecule has 0 aliphatic carbocycles. The second kappa shape index (κ2) is 7.12. The number of rotatable bonds is 5. The lowest BCUT2D eigenvalue weighted by Gasteiger charge is -2.18. The Kier molecular flexibility index (Phi) is 6.12. The smallest absolute Gasteiger partial charge is 0.252 e. The first-order valence-corrected chi connectivity index (χ1v) is 6.98. The van der Waals surface area contributed by atoms with E-state index >= 15 is 0 Å². The van der Waals surface area contributed by atoms with E-state index in [9.17, 15) is 9.90 Å². The zero-order valence-corrected chi connectivity index (χ0v) is 12.8. The average molecular weight is 335 g/mol. The Balaban J connectivity index is 2.74. The van der Waals surface area contributed by atoms with Crippen LogP contribution in [0.4, 0.5) is 0 Å². The largest absolute Gasteiger partial charge is 0.394 e. The summed E-state index contributed by atoms with van der Waals surface area (Å²) in [6.45, 7) is 4.04. The van der Waals surface area contributed by atoms with Gasteiger partial charge in [0.15, 0.2) is 0 Å². The minimum atomic E-state index is -0.222. The average Bonchev–Trinajstić information content (AvgIpc) is 2.27. The van der Waals surface area contributed by atoms with Crippen LogP contribution in [0.25, 0.3) is 0 Å². The highest BCUT2D eigenvalue weighted by Crippen LogP contribution is 2.21. The van der Waals surface area contributed by atoms with Crippen molar-refractivity contribution in [3.8, 4) is 0 Å². The van der Waals surface area contributed by atoms with Crippen LogP contribution in [-0.4, -0.2) is 23.7 Å². The second-order valence-corrected chi connectivity index (χ2v) is 5.90. The SMILES string of the molecule is CC(C)CC(CO)NC(=O)c1ccc(Cl)cc1Br. The summed E-state index contributed by atoms with van der Waals surface area (Å²) in [6, 6.07) is 4.77. The van der Waals surface area contributed by atoms with Crippen LogP contribution in [0.15, 0.2) is 22.7 Å². The van der Waals surface area contributed by atoms with Crippen LogP contribution >= 0.6 is 27.5 Å². The van der Waals surface area contributed by atoms with E-state index in [0.29, 0.717) is 21.0 Å². The summed E-state index contributed by atoms with van der Waals surface area (Å²) >= 11 is 9.12. The molecule has 1 amide bonds. The summed E-state index contributed by atoms with van der Waals surface area (Å²) < 4.78 is 0.647. The maximum Gasteiger partial charge on any atom is 0.252 e. The number of benzene rings is 1. The van der Waals surface area contributed by atoms with Crippen LogP contribution in [0.2, 0.25) is 5.02 Å². The first-order valence-electron chi connectivity index (χ1n) is 5.80. The molecule has 0 saturated carbocycles. The maximum absolute atomic E-state index is 12.0. The molecule has 1 rings (SSSR count). The molecule has 0 aliphatic heterocycles. The van der Waals surface area contributed by atoms with Crippen molar-refractivity contribution in [2.75, 3.05) is 6.61 Å². The molecule has 0 aromatic heterocycles. The third-order valence-corrected chi connectivity index (χ3v) is 3.38. The molecule has 0 bridgehead atoms. The van der Waals surface area contributed by atoms with Gasteiger partial charge in [-0.05, 0) is 46.5 Å². The second-order valence-electron chi connectivity index (χ2n) is 4.61. The Labute approximate surface area is 121 Å². The Morgan fingerprint density at radius 2 is 2.17 bits per heavy atom. The van der Waals surface area contributed by atoms with Gasteiger partial charge in [0.05, 0.1) is 18.2 Å². The third-order valence-electron chi connectivity index (χ3n) is 2.49. The van der Waals surface area contributed by atoms with Gasteiger partial charge in [0.1, 0.15) is 0 Å². The minimum absolute atomic E-state index is 0.0604. The summed E-state index contributed by atoms with van der Waals surface area (Å²) in [6.07, 6.45) is 0.744. The van der Waals surface area contributed by atoms with E-state index in [0.717, 1.165) is 6.42 Å². The highest BCUT2D eigenvalue weighted by Gasteiger charge is 2.16. The van der Waals surface area contributed by atoms with E-state index in [-0.39, 0.29) is 18.6 Å². The molecule has 5 heteroatoms.